The van der Waals surface area contributed by atoms with E-state index in [0.717, 1.165) is 12.1 Å². The van der Waals surface area contributed by atoms with Gasteiger partial charge in [0.05, 0.1) is 19.7 Å². The highest BCUT2D eigenvalue weighted by molar-refractivity contribution is 7.11. The minimum atomic E-state index is -0.0382. The van der Waals surface area contributed by atoms with Crippen molar-refractivity contribution in [3.63, 3.8) is 0 Å². The zero-order valence-corrected chi connectivity index (χ0v) is 13.6. The van der Waals surface area contributed by atoms with Gasteiger partial charge >= 0.3 is 0 Å². The molecule has 0 atom stereocenters. The van der Waals surface area contributed by atoms with Crippen molar-refractivity contribution in [3.05, 3.63) is 52.2 Å². The van der Waals surface area contributed by atoms with Crippen LogP contribution >= 0.6 is 11.3 Å². The molecule has 1 aromatic carbocycles. The van der Waals surface area contributed by atoms with Crippen LogP contribution in [0.2, 0.25) is 0 Å². The fourth-order valence-corrected chi connectivity index (χ4v) is 3.08. The number of benzene rings is 1. The number of hydrogen-bond donors (Lipinski definition) is 2. The molecule has 0 bridgehead atoms. The molecule has 22 heavy (non-hydrogen) atoms. The number of rotatable bonds is 8. The summed E-state index contributed by atoms with van der Waals surface area (Å²) in [6.07, 6.45) is 1.02. The maximum Gasteiger partial charge on any atom is 0.239 e. The van der Waals surface area contributed by atoms with Gasteiger partial charge in [0.2, 0.25) is 5.91 Å². The van der Waals surface area contributed by atoms with E-state index in [4.69, 9.17) is 0 Å². The lowest BCUT2D eigenvalue weighted by molar-refractivity contribution is -0.119. The predicted molar refractivity (Wildman–Crippen MR) is 91.3 cm³/mol. The topological polar surface area (TPSA) is 52.6 Å². The van der Waals surface area contributed by atoms with Crippen molar-refractivity contribution in [2.75, 3.05) is 24.6 Å². The fourth-order valence-electron chi connectivity index (χ4n) is 2.18. The van der Waals surface area contributed by atoms with Crippen molar-refractivity contribution in [1.82, 2.24) is 5.32 Å². The molecule has 0 aliphatic carbocycles. The Kier molecular flexibility index (Phi) is 6.43. The van der Waals surface area contributed by atoms with Gasteiger partial charge in [0.15, 0.2) is 0 Å². The van der Waals surface area contributed by atoms with Crippen molar-refractivity contribution in [2.45, 2.75) is 19.9 Å². The fraction of sp³-hybridized carbons (Fsp3) is 0.353. The Morgan fingerprint density at radius 1 is 1.18 bits per heavy atom. The number of nitrogens with one attached hydrogen (secondary N) is 1. The highest BCUT2D eigenvalue weighted by Gasteiger charge is 2.11. The first-order valence-corrected chi connectivity index (χ1v) is 8.29. The van der Waals surface area contributed by atoms with Gasteiger partial charge < -0.3 is 15.3 Å². The highest BCUT2D eigenvalue weighted by Crippen LogP contribution is 2.16. The van der Waals surface area contributed by atoms with Crippen LogP contribution in [-0.4, -0.2) is 30.7 Å². The summed E-state index contributed by atoms with van der Waals surface area (Å²) in [7, 11) is 0. The molecule has 1 amide bonds. The molecule has 0 aliphatic heterocycles. The number of thiophene rings is 1. The van der Waals surface area contributed by atoms with E-state index in [1.54, 1.807) is 11.3 Å². The number of amides is 1. The Labute approximate surface area is 135 Å². The Hall–Kier alpha value is -1.85. The molecule has 1 heterocycles. The smallest absolute Gasteiger partial charge is 0.239 e. The van der Waals surface area contributed by atoms with Crippen LogP contribution in [0.25, 0.3) is 0 Å². The highest BCUT2D eigenvalue weighted by atomic mass is 32.1. The van der Waals surface area contributed by atoms with Crippen molar-refractivity contribution in [3.8, 4) is 0 Å². The second-order valence-electron chi connectivity index (χ2n) is 4.98. The van der Waals surface area contributed by atoms with E-state index in [0.29, 0.717) is 13.1 Å². The van der Waals surface area contributed by atoms with E-state index in [-0.39, 0.29) is 19.1 Å². The number of anilines is 1. The standard InChI is InChI=1S/C17H22N2O2S/c1-2-15-8-9-16(22-15)12-18-17(21)13-19(10-11-20)14-6-4-3-5-7-14/h3-9,20H,2,10-13H2,1H3,(H,18,21). The normalized spacial score (nSPS) is 10.5. The SMILES string of the molecule is CCc1ccc(CNC(=O)CN(CCO)c2ccccc2)s1. The number of hydrogen-bond acceptors (Lipinski definition) is 4. The van der Waals surface area contributed by atoms with Crippen LogP contribution < -0.4 is 10.2 Å². The lowest BCUT2D eigenvalue weighted by atomic mass is 10.3. The summed E-state index contributed by atoms with van der Waals surface area (Å²) < 4.78 is 0. The Bertz CT molecular complexity index is 583. The van der Waals surface area contributed by atoms with E-state index >= 15 is 0 Å². The van der Waals surface area contributed by atoms with Crippen molar-refractivity contribution < 1.29 is 9.90 Å². The summed E-state index contributed by atoms with van der Waals surface area (Å²) in [5.74, 6) is -0.0382. The third-order valence-electron chi connectivity index (χ3n) is 3.35. The average molecular weight is 318 g/mol. The van der Waals surface area contributed by atoms with Gasteiger partial charge in [-0.2, -0.15) is 0 Å². The molecule has 2 N–H and O–H groups in total. The van der Waals surface area contributed by atoms with E-state index in [2.05, 4.69) is 24.4 Å². The first kappa shape index (κ1) is 16.5. The lowest BCUT2D eigenvalue weighted by Gasteiger charge is -2.23. The van der Waals surface area contributed by atoms with E-state index in [1.807, 2.05) is 35.2 Å². The Morgan fingerprint density at radius 3 is 2.55 bits per heavy atom. The summed E-state index contributed by atoms with van der Waals surface area (Å²) in [5, 5.41) is 12.1. The molecule has 2 aromatic rings. The maximum atomic E-state index is 12.1. The third-order valence-corrected chi connectivity index (χ3v) is 4.58. The summed E-state index contributed by atoms with van der Waals surface area (Å²) in [4.78, 5) is 16.5. The van der Waals surface area contributed by atoms with Gasteiger partial charge in [-0.05, 0) is 30.7 Å². The molecule has 0 aliphatic rings. The molecule has 0 spiro atoms. The minimum Gasteiger partial charge on any atom is -0.395 e. The molecule has 0 fully saturated rings. The second kappa shape index (κ2) is 8.56. The van der Waals surface area contributed by atoms with Crippen molar-refractivity contribution >= 4 is 22.9 Å². The number of carbonyl (C=O) groups is 1. The number of aliphatic hydroxyl groups excluding tert-OH is 1. The second-order valence-corrected chi connectivity index (χ2v) is 6.23. The summed E-state index contributed by atoms with van der Waals surface area (Å²) in [5.41, 5.74) is 0.941. The quantitative estimate of drug-likeness (QED) is 0.786. The summed E-state index contributed by atoms with van der Waals surface area (Å²) in [6.45, 7) is 3.39. The summed E-state index contributed by atoms with van der Waals surface area (Å²) >= 11 is 1.73. The maximum absolute atomic E-state index is 12.1. The molecule has 0 radical (unpaired) electrons. The van der Waals surface area contributed by atoms with Gasteiger partial charge in [0.25, 0.3) is 0 Å². The van der Waals surface area contributed by atoms with Gasteiger partial charge in [-0.25, -0.2) is 0 Å². The molecule has 0 saturated carbocycles. The predicted octanol–water partition coefficient (Wildman–Crippen LogP) is 2.43. The zero-order valence-electron chi connectivity index (χ0n) is 12.8. The number of aryl methyl sites for hydroxylation is 1. The van der Waals surface area contributed by atoms with Crippen LogP contribution in [0.4, 0.5) is 5.69 Å². The van der Waals surface area contributed by atoms with E-state index in [1.165, 1.54) is 9.75 Å². The van der Waals surface area contributed by atoms with Crippen LogP contribution in [0, 0.1) is 0 Å². The molecule has 4 nitrogen and oxygen atoms in total. The van der Waals surface area contributed by atoms with Gasteiger partial charge in [0.1, 0.15) is 0 Å². The van der Waals surface area contributed by atoms with Gasteiger partial charge in [0, 0.05) is 22.0 Å². The zero-order chi connectivity index (χ0) is 15.8. The monoisotopic (exact) mass is 318 g/mol. The Morgan fingerprint density at radius 2 is 1.91 bits per heavy atom. The molecule has 5 heteroatoms. The summed E-state index contributed by atoms with van der Waals surface area (Å²) in [6, 6.07) is 13.8. The largest absolute Gasteiger partial charge is 0.395 e. The minimum absolute atomic E-state index is 0.0208. The number of carbonyl (C=O) groups excluding carboxylic acids is 1. The van der Waals surface area contributed by atoms with Crippen LogP contribution in [0.15, 0.2) is 42.5 Å². The molecule has 2 rings (SSSR count). The van der Waals surface area contributed by atoms with Crippen LogP contribution in [-0.2, 0) is 17.8 Å². The van der Waals surface area contributed by atoms with Gasteiger partial charge in [-0.1, -0.05) is 25.1 Å². The Balaban J connectivity index is 1.88. The molecule has 118 valence electrons. The van der Waals surface area contributed by atoms with Crippen molar-refractivity contribution in [1.29, 1.82) is 0 Å². The lowest BCUT2D eigenvalue weighted by Crippen LogP contribution is -2.38. The molecular weight excluding hydrogens is 296 g/mol. The average Bonchev–Trinajstić information content (AvgIpc) is 3.01. The van der Waals surface area contributed by atoms with E-state index in [9.17, 15) is 9.90 Å². The number of para-hydroxylation sites is 1. The number of aliphatic hydroxyl groups is 1. The van der Waals surface area contributed by atoms with Crippen LogP contribution in [0.1, 0.15) is 16.7 Å². The van der Waals surface area contributed by atoms with Gasteiger partial charge in [-0.3, -0.25) is 4.79 Å². The molecule has 1 aromatic heterocycles. The first-order chi connectivity index (χ1) is 10.7. The molecule has 0 saturated heterocycles. The third kappa shape index (κ3) is 4.86. The van der Waals surface area contributed by atoms with Gasteiger partial charge in [-0.15, -0.1) is 11.3 Å². The van der Waals surface area contributed by atoms with Crippen LogP contribution in [0.3, 0.4) is 0 Å². The van der Waals surface area contributed by atoms with Crippen molar-refractivity contribution in [2.24, 2.45) is 0 Å². The van der Waals surface area contributed by atoms with E-state index < -0.39 is 0 Å². The van der Waals surface area contributed by atoms with Crippen LogP contribution in [0.5, 0.6) is 0 Å². The molecular formula is C17H22N2O2S. The number of nitrogens with zero attached hydrogens (tertiary/aromatic N) is 1. The first-order valence-electron chi connectivity index (χ1n) is 7.48. The molecule has 0 unspecified atom stereocenters.